The maximum absolute atomic E-state index is 13.4. The Labute approximate surface area is 178 Å². The van der Waals surface area contributed by atoms with Gasteiger partial charge in [0.15, 0.2) is 0 Å². The molecule has 152 valence electrons. The van der Waals surface area contributed by atoms with Crippen LogP contribution in [0, 0.1) is 12.7 Å². The molecule has 0 bridgehead atoms. The third-order valence-electron chi connectivity index (χ3n) is 5.47. The number of para-hydroxylation sites is 2. The van der Waals surface area contributed by atoms with Gasteiger partial charge in [0.1, 0.15) is 17.3 Å². The van der Waals surface area contributed by atoms with Crippen LogP contribution < -0.4 is 5.73 Å². The topological polar surface area (TPSA) is 73.8 Å². The summed E-state index contributed by atoms with van der Waals surface area (Å²) in [6.45, 7) is 2.60. The lowest BCUT2D eigenvalue weighted by Crippen LogP contribution is -2.13. The Balaban J connectivity index is 1.64. The third-order valence-corrected chi connectivity index (χ3v) is 5.47. The summed E-state index contributed by atoms with van der Waals surface area (Å²) >= 11 is 0. The van der Waals surface area contributed by atoms with Gasteiger partial charge in [0.05, 0.1) is 16.6 Å². The average Bonchev–Trinajstić information content (AvgIpc) is 3.08. The zero-order valence-electron chi connectivity index (χ0n) is 16.8. The van der Waals surface area contributed by atoms with E-state index in [1.54, 1.807) is 18.2 Å². The first-order valence-corrected chi connectivity index (χ1v) is 9.91. The molecule has 1 amide bonds. The van der Waals surface area contributed by atoms with Gasteiger partial charge in [-0.25, -0.2) is 14.4 Å². The molecular weight excluding hydrogens is 391 g/mol. The van der Waals surface area contributed by atoms with E-state index >= 15 is 0 Å². The van der Waals surface area contributed by atoms with Gasteiger partial charge in [-0.05, 0) is 60.0 Å². The van der Waals surface area contributed by atoms with Crippen molar-refractivity contribution in [1.82, 2.24) is 14.5 Å². The lowest BCUT2D eigenvalue weighted by atomic mass is 9.98. The molecule has 2 N–H and O–H groups in total. The molecule has 0 aliphatic carbocycles. The number of aromatic nitrogens is 3. The molecule has 5 aromatic rings. The van der Waals surface area contributed by atoms with Crippen molar-refractivity contribution in [1.29, 1.82) is 0 Å². The Morgan fingerprint density at radius 3 is 2.52 bits per heavy atom. The summed E-state index contributed by atoms with van der Waals surface area (Å²) in [5.41, 5.74) is 11.0. The number of nitrogens with zero attached hydrogens (tertiary/aromatic N) is 3. The molecule has 0 aliphatic heterocycles. The molecule has 3 aromatic carbocycles. The maximum Gasteiger partial charge on any atom is 0.267 e. The fourth-order valence-corrected chi connectivity index (χ4v) is 3.94. The first kappa shape index (κ1) is 18.9. The summed E-state index contributed by atoms with van der Waals surface area (Å²) < 4.78 is 15.6. The van der Waals surface area contributed by atoms with E-state index in [9.17, 15) is 9.18 Å². The van der Waals surface area contributed by atoms with Crippen LogP contribution in [0.3, 0.4) is 0 Å². The third kappa shape index (κ3) is 3.42. The van der Waals surface area contributed by atoms with E-state index in [-0.39, 0.29) is 11.5 Å². The molecular formula is C25H19FN4O. The molecule has 0 unspecified atom stereocenters. The van der Waals surface area contributed by atoms with Gasteiger partial charge in [-0.2, -0.15) is 0 Å². The molecule has 0 saturated heterocycles. The fraction of sp³-hybridized carbons (Fsp3) is 0.0800. The minimum Gasteiger partial charge on any atom is -0.364 e. The van der Waals surface area contributed by atoms with Crippen LogP contribution in [0.4, 0.5) is 4.39 Å². The number of imidazole rings is 1. The predicted molar refractivity (Wildman–Crippen MR) is 119 cm³/mol. The molecule has 0 aliphatic rings. The van der Waals surface area contributed by atoms with Crippen molar-refractivity contribution in [2.75, 3.05) is 0 Å². The van der Waals surface area contributed by atoms with Gasteiger partial charge in [0.2, 0.25) is 0 Å². The highest BCUT2D eigenvalue weighted by Crippen LogP contribution is 2.30. The summed E-state index contributed by atoms with van der Waals surface area (Å²) in [6, 6.07) is 21.8. The minimum atomic E-state index is -0.605. The second-order valence-corrected chi connectivity index (χ2v) is 7.51. The highest BCUT2D eigenvalue weighted by molar-refractivity contribution is 6.01. The second kappa shape index (κ2) is 7.32. The number of carbonyl (C=O) groups excluding carboxylic acids is 1. The first-order valence-electron chi connectivity index (χ1n) is 9.91. The zero-order valence-corrected chi connectivity index (χ0v) is 16.8. The number of fused-ring (bicyclic) bond motifs is 2. The number of hydrogen-bond donors (Lipinski definition) is 1. The molecule has 0 saturated carbocycles. The van der Waals surface area contributed by atoms with Gasteiger partial charge >= 0.3 is 0 Å². The standard InChI is InChI=1S/C25H19FN4O/c1-15-28-21-4-2-3-5-24(21)30(15)14-16-6-11-19-20(17-7-9-18(26)10-8-17)13-23(25(27)31)29-22(19)12-16/h2-13H,14H2,1H3,(H2,27,31). The number of aryl methyl sites for hydroxylation is 1. The van der Waals surface area contributed by atoms with E-state index in [0.29, 0.717) is 12.1 Å². The largest absolute Gasteiger partial charge is 0.364 e. The Morgan fingerprint density at radius 2 is 1.74 bits per heavy atom. The second-order valence-electron chi connectivity index (χ2n) is 7.51. The Bertz CT molecular complexity index is 1450. The number of halogens is 1. The lowest BCUT2D eigenvalue weighted by molar-refractivity contribution is 0.0996. The molecule has 0 fully saturated rings. The number of hydrogen-bond acceptors (Lipinski definition) is 3. The highest BCUT2D eigenvalue weighted by atomic mass is 19.1. The summed E-state index contributed by atoms with van der Waals surface area (Å²) in [6.07, 6.45) is 0. The van der Waals surface area contributed by atoms with Crippen LogP contribution in [0.5, 0.6) is 0 Å². The van der Waals surface area contributed by atoms with Gasteiger partial charge in [-0.3, -0.25) is 4.79 Å². The fourth-order valence-electron chi connectivity index (χ4n) is 3.94. The van der Waals surface area contributed by atoms with E-state index in [0.717, 1.165) is 38.9 Å². The normalized spacial score (nSPS) is 11.3. The molecule has 2 heterocycles. The zero-order chi connectivity index (χ0) is 21.5. The monoisotopic (exact) mass is 410 g/mol. The summed E-state index contributed by atoms with van der Waals surface area (Å²) in [4.78, 5) is 21.0. The molecule has 6 heteroatoms. The number of carbonyl (C=O) groups is 1. The van der Waals surface area contributed by atoms with Crippen molar-refractivity contribution >= 4 is 27.8 Å². The van der Waals surface area contributed by atoms with E-state index in [1.807, 2.05) is 49.4 Å². The van der Waals surface area contributed by atoms with Gasteiger partial charge in [-0.1, -0.05) is 36.4 Å². The number of pyridine rings is 1. The number of benzene rings is 3. The smallest absolute Gasteiger partial charge is 0.267 e. The van der Waals surface area contributed by atoms with Gasteiger partial charge < -0.3 is 10.3 Å². The Hall–Kier alpha value is -4.06. The summed E-state index contributed by atoms with van der Waals surface area (Å²) in [5, 5.41) is 0.868. The summed E-state index contributed by atoms with van der Waals surface area (Å²) in [7, 11) is 0. The van der Waals surface area contributed by atoms with Crippen molar-refractivity contribution in [3.63, 3.8) is 0 Å². The Kier molecular flexibility index (Phi) is 4.47. The number of amides is 1. The van der Waals surface area contributed by atoms with Crippen LogP contribution in [0.1, 0.15) is 21.9 Å². The van der Waals surface area contributed by atoms with Gasteiger partial charge in [-0.15, -0.1) is 0 Å². The molecule has 0 atom stereocenters. The first-order chi connectivity index (χ1) is 15.0. The molecule has 0 spiro atoms. The number of primary amides is 1. The van der Waals surface area contributed by atoms with Crippen molar-refractivity contribution in [3.8, 4) is 11.1 Å². The molecule has 31 heavy (non-hydrogen) atoms. The van der Waals surface area contributed by atoms with Gasteiger partial charge in [0, 0.05) is 11.9 Å². The SMILES string of the molecule is Cc1nc2ccccc2n1Cc1ccc2c(-c3ccc(F)cc3)cc(C(N)=O)nc2c1. The predicted octanol–water partition coefficient (Wildman–Crippen LogP) is 4.85. The minimum absolute atomic E-state index is 0.174. The van der Waals surface area contributed by atoms with E-state index in [1.165, 1.54) is 12.1 Å². The number of rotatable bonds is 4. The van der Waals surface area contributed by atoms with Crippen molar-refractivity contribution in [2.24, 2.45) is 5.73 Å². The average molecular weight is 410 g/mol. The van der Waals surface area contributed by atoms with Crippen LogP contribution in [-0.4, -0.2) is 20.4 Å². The van der Waals surface area contributed by atoms with Crippen LogP contribution in [0.15, 0.2) is 72.8 Å². The molecule has 5 nitrogen and oxygen atoms in total. The Morgan fingerprint density at radius 1 is 0.968 bits per heavy atom. The maximum atomic E-state index is 13.4. The van der Waals surface area contributed by atoms with Crippen LogP contribution in [-0.2, 0) is 6.54 Å². The van der Waals surface area contributed by atoms with E-state index in [2.05, 4.69) is 14.5 Å². The summed E-state index contributed by atoms with van der Waals surface area (Å²) in [5.74, 6) is 0.00158. The quantitative estimate of drug-likeness (QED) is 0.460. The van der Waals surface area contributed by atoms with Crippen LogP contribution >= 0.6 is 0 Å². The van der Waals surface area contributed by atoms with Gasteiger partial charge in [0.25, 0.3) is 5.91 Å². The van der Waals surface area contributed by atoms with Crippen LogP contribution in [0.25, 0.3) is 33.1 Å². The van der Waals surface area contributed by atoms with E-state index in [4.69, 9.17) is 5.73 Å². The molecule has 2 aromatic heterocycles. The molecule has 0 radical (unpaired) electrons. The van der Waals surface area contributed by atoms with Crippen molar-refractivity contribution in [3.05, 3.63) is 95.7 Å². The number of nitrogens with two attached hydrogens (primary N) is 1. The molecule has 5 rings (SSSR count). The van der Waals surface area contributed by atoms with Crippen molar-refractivity contribution < 1.29 is 9.18 Å². The lowest BCUT2D eigenvalue weighted by Gasteiger charge is -2.12. The van der Waals surface area contributed by atoms with Crippen molar-refractivity contribution in [2.45, 2.75) is 13.5 Å². The van der Waals surface area contributed by atoms with E-state index < -0.39 is 5.91 Å². The highest BCUT2D eigenvalue weighted by Gasteiger charge is 2.13. The van der Waals surface area contributed by atoms with Crippen LogP contribution in [0.2, 0.25) is 0 Å².